The highest BCUT2D eigenvalue weighted by atomic mass is 15.2. The molecule has 1 saturated heterocycles. The van der Waals surface area contributed by atoms with Crippen molar-refractivity contribution in [2.24, 2.45) is 0 Å². The van der Waals surface area contributed by atoms with E-state index >= 15 is 0 Å². The molecule has 0 amide bonds. The number of piperidine rings is 1. The zero-order valence-corrected chi connectivity index (χ0v) is 10.5. The molecular weight excluding hydrogens is 184 g/mol. The Morgan fingerprint density at radius 1 is 1.53 bits per heavy atom. The molecule has 15 heavy (non-hydrogen) atoms. The summed E-state index contributed by atoms with van der Waals surface area (Å²) in [5, 5.41) is 3.53. The smallest absolute Gasteiger partial charge is 0.0768 e. The van der Waals surface area contributed by atoms with Crippen molar-refractivity contribution < 1.29 is 0 Å². The number of hydrogen-bond donors (Lipinski definition) is 1. The summed E-state index contributed by atoms with van der Waals surface area (Å²) in [6.07, 6.45) is 8.00. The van der Waals surface area contributed by atoms with Gasteiger partial charge in [-0.15, -0.1) is 6.42 Å². The van der Waals surface area contributed by atoms with E-state index in [9.17, 15) is 0 Å². The normalized spacial score (nSPS) is 28.7. The van der Waals surface area contributed by atoms with Gasteiger partial charge in [-0.25, -0.2) is 0 Å². The molecule has 1 fully saturated rings. The Kier molecular flexibility index (Phi) is 4.19. The van der Waals surface area contributed by atoms with E-state index in [2.05, 4.69) is 43.8 Å². The lowest BCUT2D eigenvalue weighted by Gasteiger charge is -2.44. The first-order valence-electron chi connectivity index (χ1n) is 5.99. The molecule has 86 valence electrons. The van der Waals surface area contributed by atoms with Crippen LogP contribution in [0.4, 0.5) is 0 Å². The Morgan fingerprint density at radius 3 is 2.67 bits per heavy atom. The Hall–Kier alpha value is -0.520. The first-order chi connectivity index (χ1) is 7.01. The number of hydrogen-bond acceptors (Lipinski definition) is 2. The summed E-state index contributed by atoms with van der Waals surface area (Å²) >= 11 is 0. The van der Waals surface area contributed by atoms with Crippen LogP contribution in [0.5, 0.6) is 0 Å². The molecule has 0 aliphatic carbocycles. The van der Waals surface area contributed by atoms with Gasteiger partial charge in [-0.3, -0.25) is 4.90 Å². The van der Waals surface area contributed by atoms with Gasteiger partial charge in [-0.1, -0.05) is 12.8 Å². The van der Waals surface area contributed by atoms with Gasteiger partial charge >= 0.3 is 0 Å². The van der Waals surface area contributed by atoms with Crippen molar-refractivity contribution in [3.8, 4) is 12.3 Å². The molecule has 1 aliphatic rings. The van der Waals surface area contributed by atoms with Crippen molar-refractivity contribution in [1.82, 2.24) is 10.2 Å². The minimum atomic E-state index is -0.101. The lowest BCUT2D eigenvalue weighted by molar-refractivity contribution is 0.0700. The first kappa shape index (κ1) is 12.5. The highest BCUT2D eigenvalue weighted by Gasteiger charge is 2.33. The second-order valence-electron chi connectivity index (χ2n) is 5.02. The quantitative estimate of drug-likeness (QED) is 0.712. The van der Waals surface area contributed by atoms with Crippen LogP contribution in [0.25, 0.3) is 0 Å². The molecule has 2 unspecified atom stereocenters. The van der Waals surface area contributed by atoms with Crippen LogP contribution in [0.1, 0.15) is 40.5 Å². The maximum atomic E-state index is 5.59. The van der Waals surface area contributed by atoms with Crippen LogP contribution >= 0.6 is 0 Å². The number of nitrogens with zero attached hydrogens (tertiary/aromatic N) is 1. The highest BCUT2D eigenvalue weighted by molar-refractivity contribution is 5.10. The average Bonchev–Trinajstić information content (AvgIpc) is 2.18. The van der Waals surface area contributed by atoms with E-state index in [4.69, 9.17) is 6.42 Å². The Bertz CT molecular complexity index is 239. The molecule has 1 N–H and O–H groups in total. The van der Waals surface area contributed by atoms with Crippen molar-refractivity contribution in [3.63, 3.8) is 0 Å². The van der Waals surface area contributed by atoms with Gasteiger partial charge in [0.05, 0.1) is 5.54 Å². The highest BCUT2D eigenvalue weighted by Crippen LogP contribution is 2.25. The van der Waals surface area contributed by atoms with Crippen LogP contribution in [0.3, 0.4) is 0 Å². The predicted octanol–water partition coefficient (Wildman–Crippen LogP) is 1.86. The van der Waals surface area contributed by atoms with E-state index in [1.807, 2.05) is 0 Å². The van der Waals surface area contributed by atoms with Crippen molar-refractivity contribution in [1.29, 1.82) is 0 Å². The molecule has 1 aliphatic heterocycles. The third kappa shape index (κ3) is 2.96. The molecular formula is C13H24N2. The molecule has 1 rings (SSSR count). The van der Waals surface area contributed by atoms with Crippen LogP contribution in [-0.2, 0) is 0 Å². The average molecular weight is 208 g/mol. The topological polar surface area (TPSA) is 15.3 Å². The van der Waals surface area contributed by atoms with E-state index in [0.717, 1.165) is 13.1 Å². The van der Waals surface area contributed by atoms with Gasteiger partial charge in [0, 0.05) is 18.6 Å². The number of rotatable bonds is 3. The first-order valence-corrected chi connectivity index (χ1v) is 5.99. The molecule has 1 heterocycles. The molecule has 2 heteroatoms. The lowest BCUT2D eigenvalue weighted by atomic mass is 9.92. The minimum absolute atomic E-state index is 0.101. The second kappa shape index (κ2) is 5.01. The van der Waals surface area contributed by atoms with Crippen LogP contribution in [0.15, 0.2) is 0 Å². The fourth-order valence-electron chi connectivity index (χ4n) is 2.56. The van der Waals surface area contributed by atoms with Gasteiger partial charge in [-0.2, -0.15) is 0 Å². The summed E-state index contributed by atoms with van der Waals surface area (Å²) < 4.78 is 0. The van der Waals surface area contributed by atoms with Crippen molar-refractivity contribution in [2.75, 3.05) is 13.1 Å². The summed E-state index contributed by atoms with van der Waals surface area (Å²) in [6.45, 7) is 10.9. The molecule has 0 aromatic carbocycles. The number of terminal acetylenes is 1. The second-order valence-corrected chi connectivity index (χ2v) is 5.02. The summed E-state index contributed by atoms with van der Waals surface area (Å²) in [5.41, 5.74) is -0.101. The molecule has 0 bridgehead atoms. The van der Waals surface area contributed by atoms with Crippen molar-refractivity contribution >= 4 is 0 Å². The predicted molar refractivity (Wildman–Crippen MR) is 65.8 cm³/mol. The Labute approximate surface area is 94.4 Å². The lowest BCUT2D eigenvalue weighted by Crippen LogP contribution is -2.55. The van der Waals surface area contributed by atoms with Crippen molar-refractivity contribution in [3.05, 3.63) is 0 Å². The Balaban J connectivity index is 2.57. The molecule has 0 saturated carbocycles. The van der Waals surface area contributed by atoms with Crippen LogP contribution in [-0.4, -0.2) is 35.6 Å². The van der Waals surface area contributed by atoms with Crippen LogP contribution in [0.2, 0.25) is 0 Å². The molecule has 2 atom stereocenters. The van der Waals surface area contributed by atoms with Gasteiger partial charge in [-0.05, 0) is 40.2 Å². The summed E-state index contributed by atoms with van der Waals surface area (Å²) in [7, 11) is 0. The standard InChI is InChI=1S/C13H24N2/c1-6-13(4,5)15-9-8-12(14-7-2)10-11(15)3/h1,11-12,14H,7-10H2,2-5H3. The zero-order valence-electron chi connectivity index (χ0n) is 10.5. The maximum absolute atomic E-state index is 5.59. The van der Waals surface area contributed by atoms with E-state index in [0.29, 0.717) is 12.1 Å². The molecule has 0 radical (unpaired) electrons. The van der Waals surface area contributed by atoms with Gasteiger partial charge in [0.1, 0.15) is 0 Å². The third-order valence-electron chi connectivity index (χ3n) is 3.44. The Morgan fingerprint density at radius 2 is 2.20 bits per heavy atom. The fourth-order valence-corrected chi connectivity index (χ4v) is 2.56. The van der Waals surface area contributed by atoms with E-state index in [1.54, 1.807) is 0 Å². The van der Waals surface area contributed by atoms with E-state index < -0.39 is 0 Å². The summed E-state index contributed by atoms with van der Waals surface area (Å²) in [4.78, 5) is 2.45. The minimum Gasteiger partial charge on any atom is -0.314 e. The van der Waals surface area contributed by atoms with Crippen molar-refractivity contribution in [2.45, 2.75) is 58.2 Å². The molecule has 0 spiro atoms. The third-order valence-corrected chi connectivity index (χ3v) is 3.44. The number of likely N-dealkylation sites (tertiary alicyclic amines) is 1. The zero-order chi connectivity index (χ0) is 11.5. The SMILES string of the molecule is C#CC(C)(C)N1CCC(NCC)CC1C. The fraction of sp³-hybridized carbons (Fsp3) is 0.846. The van der Waals surface area contributed by atoms with Gasteiger partial charge in [0.15, 0.2) is 0 Å². The maximum Gasteiger partial charge on any atom is 0.0768 e. The monoisotopic (exact) mass is 208 g/mol. The molecule has 2 nitrogen and oxygen atoms in total. The van der Waals surface area contributed by atoms with Gasteiger partial charge < -0.3 is 5.32 Å². The molecule has 0 aromatic heterocycles. The van der Waals surface area contributed by atoms with E-state index in [-0.39, 0.29) is 5.54 Å². The van der Waals surface area contributed by atoms with Gasteiger partial charge in [0.25, 0.3) is 0 Å². The van der Waals surface area contributed by atoms with Crippen LogP contribution < -0.4 is 5.32 Å². The van der Waals surface area contributed by atoms with Crippen LogP contribution in [0, 0.1) is 12.3 Å². The molecule has 0 aromatic rings. The largest absolute Gasteiger partial charge is 0.314 e. The van der Waals surface area contributed by atoms with E-state index in [1.165, 1.54) is 12.8 Å². The number of nitrogens with one attached hydrogen (secondary N) is 1. The summed E-state index contributed by atoms with van der Waals surface area (Å²) in [6, 6.07) is 1.25. The summed E-state index contributed by atoms with van der Waals surface area (Å²) in [5.74, 6) is 2.89. The van der Waals surface area contributed by atoms with Gasteiger partial charge in [0.2, 0.25) is 0 Å².